The third kappa shape index (κ3) is 19.9. The topological polar surface area (TPSA) is 0 Å². The lowest BCUT2D eigenvalue weighted by Crippen LogP contribution is -2.01. The minimum absolute atomic E-state index is 0.990. The van der Waals surface area contributed by atoms with E-state index in [1.54, 1.807) is 0 Å². The van der Waals surface area contributed by atoms with Crippen LogP contribution in [0.1, 0.15) is 129 Å². The van der Waals surface area contributed by atoms with E-state index in [9.17, 15) is 0 Å². The number of allylic oxidation sites excluding steroid dienone is 2. The first-order valence-corrected chi connectivity index (χ1v) is 11.6. The molecule has 0 fully saturated rings. The smallest absolute Gasteiger partial charge is 0.0351 e. The SMILES string of the molecule is [CH2]CCCCCCC=CCCCC(CCCC)CCCCCCC[CH2]. The first-order chi connectivity index (χ1) is 12.3. The van der Waals surface area contributed by atoms with Gasteiger partial charge in [0.25, 0.3) is 0 Å². The van der Waals surface area contributed by atoms with Crippen LogP contribution in [-0.4, -0.2) is 0 Å². The maximum Gasteiger partial charge on any atom is -0.0351 e. The molecule has 148 valence electrons. The summed E-state index contributed by atoms with van der Waals surface area (Å²) in [6.07, 6.45) is 30.7. The normalized spacial score (nSPS) is 12.9. The Labute approximate surface area is 161 Å². The minimum atomic E-state index is 0.990. The lowest BCUT2D eigenvalue weighted by molar-refractivity contribution is 0.379. The largest absolute Gasteiger partial charge is 0.0885 e. The zero-order valence-corrected chi connectivity index (χ0v) is 17.6. The van der Waals surface area contributed by atoms with E-state index < -0.39 is 0 Å². The molecule has 0 aliphatic rings. The Morgan fingerprint density at radius 2 is 1.04 bits per heavy atom. The molecule has 0 heterocycles. The predicted octanol–water partition coefficient (Wildman–Crippen LogP) is 9.26. The third-order valence-electron chi connectivity index (χ3n) is 5.35. The molecular weight excluding hydrogens is 300 g/mol. The Hall–Kier alpha value is -0.260. The second-order valence-corrected chi connectivity index (χ2v) is 7.88. The van der Waals surface area contributed by atoms with Crippen molar-refractivity contribution in [3.8, 4) is 0 Å². The first-order valence-electron chi connectivity index (χ1n) is 11.6. The van der Waals surface area contributed by atoms with Crippen LogP contribution in [-0.2, 0) is 0 Å². The maximum absolute atomic E-state index is 3.93. The van der Waals surface area contributed by atoms with Crippen molar-refractivity contribution in [3.05, 3.63) is 26.0 Å². The molecule has 0 aliphatic heterocycles. The van der Waals surface area contributed by atoms with Crippen molar-refractivity contribution >= 4 is 0 Å². The molecule has 0 saturated carbocycles. The highest BCUT2D eigenvalue weighted by molar-refractivity contribution is 4.81. The molecule has 0 nitrogen and oxygen atoms in total. The fourth-order valence-corrected chi connectivity index (χ4v) is 3.62. The standard InChI is InChI=1S/C25H48/c1-4-7-10-12-14-15-16-17-19-21-24-25(22-9-6-3)23-20-18-13-11-8-5-2/h16-17,25H,1-2,4-15,18-24H2,3H3. The lowest BCUT2D eigenvalue weighted by atomic mass is 9.90. The van der Waals surface area contributed by atoms with Gasteiger partial charge in [-0.2, -0.15) is 0 Å². The average Bonchev–Trinajstić information content (AvgIpc) is 2.63. The van der Waals surface area contributed by atoms with E-state index in [0.29, 0.717) is 0 Å². The van der Waals surface area contributed by atoms with Crippen molar-refractivity contribution in [1.29, 1.82) is 0 Å². The van der Waals surface area contributed by atoms with Crippen LogP contribution < -0.4 is 0 Å². The van der Waals surface area contributed by atoms with Crippen LogP contribution in [0.15, 0.2) is 12.2 Å². The molecule has 0 spiro atoms. The van der Waals surface area contributed by atoms with Gasteiger partial charge in [0, 0.05) is 0 Å². The van der Waals surface area contributed by atoms with E-state index in [0.717, 1.165) is 18.8 Å². The van der Waals surface area contributed by atoms with E-state index >= 15 is 0 Å². The number of unbranched alkanes of at least 4 members (excludes halogenated alkanes) is 12. The van der Waals surface area contributed by atoms with Gasteiger partial charge >= 0.3 is 0 Å². The number of hydrogen-bond donors (Lipinski definition) is 0. The van der Waals surface area contributed by atoms with E-state index in [1.165, 1.54) is 109 Å². The van der Waals surface area contributed by atoms with Crippen LogP contribution in [0.3, 0.4) is 0 Å². The van der Waals surface area contributed by atoms with Gasteiger partial charge in [0.05, 0.1) is 0 Å². The summed E-state index contributed by atoms with van der Waals surface area (Å²) in [6.45, 7) is 10.2. The van der Waals surface area contributed by atoms with Crippen molar-refractivity contribution in [1.82, 2.24) is 0 Å². The van der Waals surface area contributed by atoms with E-state index in [2.05, 4.69) is 32.9 Å². The second-order valence-electron chi connectivity index (χ2n) is 7.88. The molecule has 25 heavy (non-hydrogen) atoms. The molecule has 1 unspecified atom stereocenters. The second kappa shape index (κ2) is 21.8. The third-order valence-corrected chi connectivity index (χ3v) is 5.35. The summed E-state index contributed by atoms with van der Waals surface area (Å²) >= 11 is 0. The Kier molecular flexibility index (Phi) is 21.6. The van der Waals surface area contributed by atoms with Crippen molar-refractivity contribution < 1.29 is 0 Å². The molecule has 2 radical (unpaired) electrons. The Balaban J connectivity index is 3.63. The highest BCUT2D eigenvalue weighted by Crippen LogP contribution is 2.23. The van der Waals surface area contributed by atoms with Crippen LogP contribution in [0.5, 0.6) is 0 Å². The van der Waals surface area contributed by atoms with E-state index in [4.69, 9.17) is 0 Å². The summed E-state index contributed by atoms with van der Waals surface area (Å²) in [5.41, 5.74) is 0. The molecule has 0 rings (SSSR count). The molecule has 0 aromatic heterocycles. The van der Waals surface area contributed by atoms with Crippen LogP contribution in [0.2, 0.25) is 0 Å². The summed E-state index contributed by atoms with van der Waals surface area (Å²) in [5.74, 6) is 0.990. The van der Waals surface area contributed by atoms with Crippen molar-refractivity contribution in [2.45, 2.75) is 129 Å². The molecule has 0 aromatic rings. The van der Waals surface area contributed by atoms with Crippen molar-refractivity contribution in [2.75, 3.05) is 0 Å². The Morgan fingerprint density at radius 3 is 1.68 bits per heavy atom. The Morgan fingerprint density at radius 1 is 0.560 bits per heavy atom. The van der Waals surface area contributed by atoms with Gasteiger partial charge in [-0.25, -0.2) is 0 Å². The Bertz CT molecular complexity index is 253. The first kappa shape index (κ1) is 24.7. The van der Waals surface area contributed by atoms with E-state index in [1.807, 2.05) is 0 Å². The monoisotopic (exact) mass is 348 g/mol. The van der Waals surface area contributed by atoms with Gasteiger partial charge in [0.15, 0.2) is 0 Å². The van der Waals surface area contributed by atoms with Crippen LogP contribution in [0.4, 0.5) is 0 Å². The predicted molar refractivity (Wildman–Crippen MR) is 117 cm³/mol. The van der Waals surface area contributed by atoms with Gasteiger partial charge in [-0.1, -0.05) is 129 Å². The van der Waals surface area contributed by atoms with Gasteiger partial charge in [-0.05, 0) is 31.6 Å². The molecular formula is C25H48. The zero-order valence-electron chi connectivity index (χ0n) is 17.6. The van der Waals surface area contributed by atoms with Gasteiger partial charge < -0.3 is 0 Å². The summed E-state index contributed by atoms with van der Waals surface area (Å²) in [7, 11) is 0. The number of rotatable bonds is 20. The average molecular weight is 349 g/mol. The fourth-order valence-electron chi connectivity index (χ4n) is 3.62. The van der Waals surface area contributed by atoms with Gasteiger partial charge in [0.1, 0.15) is 0 Å². The molecule has 0 saturated heterocycles. The summed E-state index contributed by atoms with van der Waals surface area (Å²) in [5, 5.41) is 0. The fraction of sp³-hybridized carbons (Fsp3) is 0.840. The molecule has 0 aromatic carbocycles. The molecule has 0 heteroatoms. The van der Waals surface area contributed by atoms with Crippen LogP contribution >= 0.6 is 0 Å². The van der Waals surface area contributed by atoms with Crippen molar-refractivity contribution in [3.63, 3.8) is 0 Å². The quantitative estimate of drug-likeness (QED) is 0.152. The van der Waals surface area contributed by atoms with Gasteiger partial charge in [-0.15, -0.1) is 0 Å². The highest BCUT2D eigenvalue weighted by atomic mass is 14.1. The number of hydrogen-bond acceptors (Lipinski definition) is 0. The molecule has 0 amide bonds. The lowest BCUT2D eigenvalue weighted by Gasteiger charge is -2.16. The summed E-state index contributed by atoms with van der Waals surface area (Å²) in [6, 6.07) is 0. The van der Waals surface area contributed by atoms with Crippen molar-refractivity contribution in [2.24, 2.45) is 5.92 Å². The molecule has 0 bridgehead atoms. The zero-order chi connectivity index (χ0) is 18.4. The highest BCUT2D eigenvalue weighted by Gasteiger charge is 2.07. The maximum atomic E-state index is 3.93. The molecule has 0 aliphatic carbocycles. The summed E-state index contributed by atoms with van der Waals surface area (Å²) in [4.78, 5) is 0. The van der Waals surface area contributed by atoms with Crippen LogP contribution in [0.25, 0.3) is 0 Å². The van der Waals surface area contributed by atoms with E-state index in [-0.39, 0.29) is 0 Å². The molecule has 0 N–H and O–H groups in total. The van der Waals surface area contributed by atoms with Gasteiger partial charge in [0.2, 0.25) is 0 Å². The summed E-state index contributed by atoms with van der Waals surface area (Å²) < 4.78 is 0. The van der Waals surface area contributed by atoms with Gasteiger partial charge in [-0.3, -0.25) is 0 Å². The molecule has 1 atom stereocenters. The van der Waals surface area contributed by atoms with Crippen LogP contribution in [0, 0.1) is 19.8 Å². The minimum Gasteiger partial charge on any atom is -0.0885 e.